The van der Waals surface area contributed by atoms with E-state index in [1.807, 2.05) is 32.2 Å². The zero-order valence-electron chi connectivity index (χ0n) is 9.16. The van der Waals surface area contributed by atoms with E-state index in [2.05, 4.69) is 10.1 Å². The fourth-order valence-corrected chi connectivity index (χ4v) is 1.16. The fourth-order valence-electron chi connectivity index (χ4n) is 1.16. The number of hydrogen-bond donors (Lipinski definition) is 1. The van der Waals surface area contributed by atoms with Crippen LogP contribution in [0.3, 0.4) is 0 Å². The van der Waals surface area contributed by atoms with Crippen LogP contribution in [0.15, 0.2) is 18.2 Å². The highest BCUT2D eigenvalue weighted by Gasteiger charge is 2.04. The number of esters is 1. The Labute approximate surface area is 89.2 Å². The molecule has 15 heavy (non-hydrogen) atoms. The molecule has 1 rings (SSSR count). The van der Waals surface area contributed by atoms with E-state index in [9.17, 15) is 4.79 Å². The predicted molar refractivity (Wildman–Crippen MR) is 58.2 cm³/mol. The van der Waals surface area contributed by atoms with Crippen LogP contribution in [0.1, 0.15) is 5.56 Å². The summed E-state index contributed by atoms with van der Waals surface area (Å²) in [6.07, 6.45) is 0. The van der Waals surface area contributed by atoms with Gasteiger partial charge in [0.15, 0.2) is 6.61 Å². The molecule has 0 radical (unpaired) electrons. The number of carbonyl (C=O) groups is 1. The van der Waals surface area contributed by atoms with Crippen LogP contribution >= 0.6 is 0 Å². The van der Waals surface area contributed by atoms with Crippen LogP contribution in [0.4, 0.5) is 5.69 Å². The van der Waals surface area contributed by atoms with Gasteiger partial charge in [-0.2, -0.15) is 0 Å². The maximum absolute atomic E-state index is 10.9. The van der Waals surface area contributed by atoms with Crippen LogP contribution in [-0.2, 0) is 9.53 Å². The molecule has 0 aliphatic heterocycles. The van der Waals surface area contributed by atoms with Gasteiger partial charge >= 0.3 is 5.97 Å². The summed E-state index contributed by atoms with van der Waals surface area (Å²) in [5.41, 5.74) is 1.99. The van der Waals surface area contributed by atoms with Crippen molar-refractivity contribution in [1.29, 1.82) is 0 Å². The number of anilines is 1. The van der Waals surface area contributed by atoms with Gasteiger partial charge in [0.2, 0.25) is 0 Å². The van der Waals surface area contributed by atoms with Crippen molar-refractivity contribution >= 4 is 11.7 Å². The SMILES string of the molecule is CNc1ccc(OCC(=O)OC)c(C)c1. The summed E-state index contributed by atoms with van der Waals surface area (Å²) >= 11 is 0. The van der Waals surface area contributed by atoms with Gasteiger partial charge in [-0.15, -0.1) is 0 Å². The normalized spacial score (nSPS) is 9.53. The highest BCUT2D eigenvalue weighted by atomic mass is 16.6. The summed E-state index contributed by atoms with van der Waals surface area (Å²) < 4.78 is 9.77. The molecule has 0 aromatic heterocycles. The highest BCUT2D eigenvalue weighted by molar-refractivity contribution is 5.71. The second kappa shape index (κ2) is 5.24. The molecule has 4 heteroatoms. The Morgan fingerprint density at radius 1 is 1.47 bits per heavy atom. The Morgan fingerprint density at radius 3 is 2.73 bits per heavy atom. The van der Waals surface area contributed by atoms with E-state index < -0.39 is 0 Å². The Hall–Kier alpha value is -1.71. The third kappa shape index (κ3) is 3.16. The molecule has 82 valence electrons. The Balaban J connectivity index is 2.66. The maximum Gasteiger partial charge on any atom is 0.343 e. The molecule has 0 saturated carbocycles. The standard InChI is InChI=1S/C11H15NO3/c1-8-6-9(12-2)4-5-10(8)15-7-11(13)14-3/h4-6,12H,7H2,1-3H3. The molecule has 0 aliphatic carbocycles. The molecular weight excluding hydrogens is 194 g/mol. The average Bonchev–Trinajstić information content (AvgIpc) is 2.26. The monoisotopic (exact) mass is 209 g/mol. The molecule has 0 spiro atoms. The number of hydrogen-bond acceptors (Lipinski definition) is 4. The number of ether oxygens (including phenoxy) is 2. The van der Waals surface area contributed by atoms with E-state index in [0.29, 0.717) is 5.75 Å². The molecule has 0 fully saturated rings. The van der Waals surface area contributed by atoms with Gasteiger partial charge in [-0.1, -0.05) is 0 Å². The quantitative estimate of drug-likeness (QED) is 0.765. The van der Waals surface area contributed by atoms with Crippen molar-refractivity contribution in [2.45, 2.75) is 6.92 Å². The molecule has 0 heterocycles. The van der Waals surface area contributed by atoms with Gasteiger partial charge in [0.25, 0.3) is 0 Å². The lowest BCUT2D eigenvalue weighted by Gasteiger charge is -2.09. The fraction of sp³-hybridized carbons (Fsp3) is 0.364. The smallest absolute Gasteiger partial charge is 0.343 e. The summed E-state index contributed by atoms with van der Waals surface area (Å²) in [5.74, 6) is 0.312. The summed E-state index contributed by atoms with van der Waals surface area (Å²) in [4.78, 5) is 10.9. The predicted octanol–water partition coefficient (Wildman–Crippen LogP) is 1.59. The lowest BCUT2D eigenvalue weighted by Crippen LogP contribution is -2.13. The van der Waals surface area contributed by atoms with Crippen molar-refractivity contribution in [2.24, 2.45) is 0 Å². The van der Waals surface area contributed by atoms with Crippen LogP contribution in [0, 0.1) is 6.92 Å². The minimum Gasteiger partial charge on any atom is -0.482 e. The molecule has 0 saturated heterocycles. The Bertz CT molecular complexity index is 350. The summed E-state index contributed by atoms with van der Waals surface area (Å²) in [6.45, 7) is 1.86. The van der Waals surface area contributed by atoms with Crippen LogP contribution in [-0.4, -0.2) is 26.7 Å². The van der Waals surface area contributed by atoms with Crippen molar-refractivity contribution in [3.8, 4) is 5.75 Å². The highest BCUT2D eigenvalue weighted by Crippen LogP contribution is 2.21. The summed E-state index contributed by atoms with van der Waals surface area (Å²) in [7, 11) is 3.19. The van der Waals surface area contributed by atoms with E-state index in [-0.39, 0.29) is 12.6 Å². The lowest BCUT2D eigenvalue weighted by molar-refractivity contribution is -0.142. The first-order valence-electron chi connectivity index (χ1n) is 4.65. The summed E-state index contributed by atoms with van der Waals surface area (Å²) in [6, 6.07) is 5.66. The zero-order valence-corrected chi connectivity index (χ0v) is 9.16. The molecule has 0 atom stereocenters. The third-order valence-electron chi connectivity index (χ3n) is 2.04. The van der Waals surface area contributed by atoms with Gasteiger partial charge in [0.05, 0.1) is 7.11 Å². The molecule has 4 nitrogen and oxygen atoms in total. The number of benzene rings is 1. The van der Waals surface area contributed by atoms with Gasteiger partial charge < -0.3 is 14.8 Å². The van der Waals surface area contributed by atoms with Gasteiger partial charge in [0, 0.05) is 12.7 Å². The topological polar surface area (TPSA) is 47.6 Å². The van der Waals surface area contributed by atoms with Gasteiger partial charge in [-0.05, 0) is 30.7 Å². The Morgan fingerprint density at radius 2 is 2.20 bits per heavy atom. The zero-order chi connectivity index (χ0) is 11.3. The van der Waals surface area contributed by atoms with Crippen molar-refractivity contribution in [3.63, 3.8) is 0 Å². The lowest BCUT2D eigenvalue weighted by atomic mass is 10.2. The Kier molecular flexibility index (Phi) is 3.97. The number of aryl methyl sites for hydroxylation is 1. The average molecular weight is 209 g/mol. The van der Waals surface area contributed by atoms with Crippen molar-refractivity contribution in [2.75, 3.05) is 26.1 Å². The van der Waals surface area contributed by atoms with E-state index in [1.165, 1.54) is 7.11 Å². The van der Waals surface area contributed by atoms with Crippen molar-refractivity contribution in [3.05, 3.63) is 23.8 Å². The minimum atomic E-state index is -0.382. The minimum absolute atomic E-state index is 0.0593. The summed E-state index contributed by atoms with van der Waals surface area (Å²) in [5, 5.41) is 3.02. The molecule has 1 aromatic carbocycles. The number of rotatable bonds is 4. The van der Waals surface area contributed by atoms with Crippen LogP contribution < -0.4 is 10.1 Å². The van der Waals surface area contributed by atoms with E-state index in [4.69, 9.17) is 4.74 Å². The first-order chi connectivity index (χ1) is 7.17. The number of methoxy groups -OCH3 is 1. The largest absolute Gasteiger partial charge is 0.482 e. The van der Waals surface area contributed by atoms with Crippen molar-refractivity contribution in [1.82, 2.24) is 0 Å². The second-order valence-corrected chi connectivity index (χ2v) is 3.10. The van der Waals surface area contributed by atoms with E-state index in [0.717, 1.165) is 11.3 Å². The molecule has 0 bridgehead atoms. The molecule has 0 unspecified atom stereocenters. The number of carbonyl (C=O) groups excluding carboxylic acids is 1. The molecular formula is C11H15NO3. The molecule has 1 N–H and O–H groups in total. The van der Waals surface area contributed by atoms with Gasteiger partial charge in [-0.25, -0.2) is 4.79 Å². The molecule has 0 amide bonds. The van der Waals surface area contributed by atoms with E-state index >= 15 is 0 Å². The molecule has 0 aliphatic rings. The van der Waals surface area contributed by atoms with Crippen molar-refractivity contribution < 1.29 is 14.3 Å². The second-order valence-electron chi connectivity index (χ2n) is 3.10. The van der Waals surface area contributed by atoms with Crippen LogP contribution in [0.25, 0.3) is 0 Å². The third-order valence-corrected chi connectivity index (χ3v) is 2.04. The first-order valence-corrected chi connectivity index (χ1v) is 4.65. The first kappa shape index (κ1) is 11.4. The number of nitrogens with one attached hydrogen (secondary N) is 1. The van der Waals surface area contributed by atoms with Gasteiger partial charge in [-0.3, -0.25) is 0 Å². The molecule has 1 aromatic rings. The van der Waals surface area contributed by atoms with Crippen LogP contribution in [0.5, 0.6) is 5.75 Å². The van der Waals surface area contributed by atoms with Gasteiger partial charge in [0.1, 0.15) is 5.75 Å². The van der Waals surface area contributed by atoms with E-state index in [1.54, 1.807) is 0 Å². The van der Waals surface area contributed by atoms with Crippen LogP contribution in [0.2, 0.25) is 0 Å². The maximum atomic E-state index is 10.9.